The van der Waals surface area contributed by atoms with E-state index in [2.05, 4.69) is 35.3 Å². The van der Waals surface area contributed by atoms with Crippen LogP contribution in [0.5, 0.6) is 5.88 Å². The molecule has 3 heterocycles. The van der Waals surface area contributed by atoms with Crippen LogP contribution in [0, 0.1) is 0 Å². The van der Waals surface area contributed by atoms with Crippen LogP contribution in [0.1, 0.15) is 9.67 Å². The standard InChI is InChI=1S/C11H11F2N7O/c1-2-20-10-6(4-15-20)14-5-8(17-10)16-7-3-9(19-18-7)21-11(12)13/h3-5,11H,2H2,1H3,(H2,16,17,18,19)/i2D2. The quantitative estimate of drug-likeness (QED) is 0.747. The number of nitrogens with zero attached hydrogens (tertiary/aromatic N) is 5. The zero-order chi connectivity index (χ0) is 16.6. The summed E-state index contributed by atoms with van der Waals surface area (Å²) in [6, 6.07) is 1.23. The lowest BCUT2D eigenvalue weighted by atomic mass is 10.5. The highest BCUT2D eigenvalue weighted by atomic mass is 19.3. The van der Waals surface area contributed by atoms with Crippen molar-refractivity contribution in [3.8, 4) is 5.88 Å². The first-order chi connectivity index (χ1) is 10.8. The fraction of sp³-hybridized carbons (Fsp3) is 0.273. The molecule has 3 rings (SSSR count). The number of fused-ring (bicyclic) bond motifs is 1. The van der Waals surface area contributed by atoms with Crippen LogP contribution >= 0.6 is 0 Å². The number of H-pyrrole nitrogens is 1. The molecule has 0 saturated carbocycles. The minimum Gasteiger partial charge on any atom is -0.415 e. The van der Waals surface area contributed by atoms with Crippen LogP contribution in [-0.4, -0.2) is 36.6 Å². The predicted molar refractivity (Wildman–Crippen MR) is 69.5 cm³/mol. The Balaban J connectivity index is 1.87. The summed E-state index contributed by atoms with van der Waals surface area (Å²) in [5.41, 5.74) is 0.665. The van der Waals surface area contributed by atoms with Gasteiger partial charge in [0.2, 0.25) is 5.88 Å². The van der Waals surface area contributed by atoms with Crippen LogP contribution in [0.25, 0.3) is 11.2 Å². The first-order valence-corrected chi connectivity index (χ1v) is 5.81. The van der Waals surface area contributed by atoms with Crippen molar-refractivity contribution < 1.29 is 16.3 Å². The smallest absolute Gasteiger partial charge is 0.388 e. The van der Waals surface area contributed by atoms with Gasteiger partial charge in [0.1, 0.15) is 11.3 Å². The minimum atomic E-state index is -2.97. The molecule has 0 fully saturated rings. The molecule has 0 saturated heterocycles. The number of alkyl halides is 2. The lowest BCUT2D eigenvalue weighted by Crippen LogP contribution is -2.01. The van der Waals surface area contributed by atoms with E-state index in [4.69, 9.17) is 2.74 Å². The van der Waals surface area contributed by atoms with Crippen molar-refractivity contribution in [2.75, 3.05) is 5.32 Å². The number of aromatic nitrogens is 6. The zero-order valence-corrected chi connectivity index (χ0v) is 10.7. The maximum absolute atomic E-state index is 12.1. The average molecular weight is 297 g/mol. The molecule has 3 aromatic rings. The van der Waals surface area contributed by atoms with E-state index >= 15 is 0 Å². The molecule has 0 aliphatic carbocycles. The topological polar surface area (TPSA) is 93.5 Å². The summed E-state index contributed by atoms with van der Waals surface area (Å²) in [6.45, 7) is -3.38. The largest absolute Gasteiger partial charge is 0.415 e. The summed E-state index contributed by atoms with van der Waals surface area (Å²) in [7, 11) is 0. The average Bonchev–Trinajstić information content (AvgIpc) is 3.03. The Morgan fingerprint density at radius 2 is 2.38 bits per heavy atom. The van der Waals surface area contributed by atoms with E-state index in [1.165, 1.54) is 25.4 Å². The lowest BCUT2D eigenvalue weighted by Gasteiger charge is -2.03. The summed E-state index contributed by atoms with van der Waals surface area (Å²) in [5, 5.41) is 12.7. The molecule has 0 aromatic carbocycles. The van der Waals surface area contributed by atoms with Gasteiger partial charge in [-0.3, -0.25) is 5.10 Å². The molecule has 0 aliphatic heterocycles. The highest BCUT2D eigenvalue weighted by molar-refractivity contribution is 5.71. The molecule has 0 atom stereocenters. The number of halogens is 2. The van der Waals surface area contributed by atoms with Gasteiger partial charge in [-0.25, -0.2) is 14.6 Å². The van der Waals surface area contributed by atoms with Crippen LogP contribution in [0.3, 0.4) is 0 Å². The van der Waals surface area contributed by atoms with Crippen molar-refractivity contribution >= 4 is 22.8 Å². The van der Waals surface area contributed by atoms with Gasteiger partial charge in [-0.05, 0) is 6.92 Å². The first-order valence-electron chi connectivity index (χ1n) is 6.81. The Morgan fingerprint density at radius 3 is 3.14 bits per heavy atom. The van der Waals surface area contributed by atoms with E-state index in [1.54, 1.807) is 0 Å². The van der Waals surface area contributed by atoms with Gasteiger partial charge in [-0.1, -0.05) is 0 Å². The fourth-order valence-corrected chi connectivity index (χ4v) is 1.68. The highest BCUT2D eigenvalue weighted by Crippen LogP contribution is 2.19. The fourth-order valence-electron chi connectivity index (χ4n) is 1.68. The molecule has 21 heavy (non-hydrogen) atoms. The van der Waals surface area contributed by atoms with Gasteiger partial charge >= 0.3 is 6.61 Å². The number of aryl methyl sites for hydroxylation is 1. The van der Waals surface area contributed by atoms with Crippen LogP contribution < -0.4 is 10.1 Å². The molecule has 3 aromatic heterocycles. The Kier molecular flexibility index (Phi) is 2.76. The van der Waals surface area contributed by atoms with Gasteiger partial charge in [-0.2, -0.15) is 13.9 Å². The van der Waals surface area contributed by atoms with E-state index in [9.17, 15) is 8.78 Å². The van der Waals surface area contributed by atoms with Gasteiger partial charge in [0.15, 0.2) is 11.5 Å². The maximum Gasteiger partial charge on any atom is 0.388 e. The third-order valence-corrected chi connectivity index (χ3v) is 2.52. The minimum absolute atomic E-state index is 0.242. The highest BCUT2D eigenvalue weighted by Gasteiger charge is 2.10. The summed E-state index contributed by atoms with van der Waals surface area (Å²) in [5.74, 6) is 0.252. The van der Waals surface area contributed by atoms with E-state index < -0.39 is 13.1 Å². The van der Waals surface area contributed by atoms with Crippen molar-refractivity contribution in [1.82, 2.24) is 29.9 Å². The van der Waals surface area contributed by atoms with E-state index in [-0.39, 0.29) is 23.2 Å². The van der Waals surface area contributed by atoms with Gasteiger partial charge in [0.05, 0.1) is 15.1 Å². The molecule has 10 heteroatoms. The normalized spacial score (nSPS) is 13.3. The molecule has 0 bridgehead atoms. The monoisotopic (exact) mass is 297 g/mol. The van der Waals surface area contributed by atoms with Gasteiger partial charge in [-0.15, -0.1) is 5.10 Å². The molecule has 8 nitrogen and oxygen atoms in total. The van der Waals surface area contributed by atoms with Crippen molar-refractivity contribution in [2.45, 2.75) is 20.0 Å². The Bertz CT molecular complexity index is 829. The second-order valence-electron chi connectivity index (χ2n) is 3.87. The van der Waals surface area contributed by atoms with E-state index in [0.29, 0.717) is 5.52 Å². The Labute approximate surface area is 120 Å². The van der Waals surface area contributed by atoms with Crippen LogP contribution in [0.4, 0.5) is 20.4 Å². The molecular formula is C11H11F2N7O. The Morgan fingerprint density at radius 1 is 1.52 bits per heavy atom. The predicted octanol–water partition coefficient (Wildman–Crippen LogP) is 1.91. The molecule has 110 valence electrons. The molecule has 2 N–H and O–H groups in total. The van der Waals surface area contributed by atoms with Gasteiger partial charge < -0.3 is 10.1 Å². The third kappa shape index (κ3) is 2.73. The molecule has 0 unspecified atom stereocenters. The number of hydrogen-bond acceptors (Lipinski definition) is 6. The summed E-state index contributed by atoms with van der Waals surface area (Å²) < 4.78 is 44.8. The van der Waals surface area contributed by atoms with Crippen molar-refractivity contribution in [3.05, 3.63) is 18.5 Å². The van der Waals surface area contributed by atoms with Crippen molar-refractivity contribution in [2.24, 2.45) is 0 Å². The van der Waals surface area contributed by atoms with E-state index in [1.807, 2.05) is 0 Å². The number of ether oxygens (including phenoxy) is 1. The summed E-state index contributed by atoms with van der Waals surface area (Å²) >= 11 is 0. The SMILES string of the molecule is [2H]C([2H])(C)n1ncc2ncc(Nc3cc(OC(F)F)n[nH]3)nc21. The molecule has 0 amide bonds. The first kappa shape index (κ1) is 10.9. The molecular weight excluding hydrogens is 284 g/mol. The zero-order valence-electron chi connectivity index (χ0n) is 12.7. The number of rotatable bonds is 5. The number of aromatic amines is 1. The number of anilines is 2. The molecule has 0 radical (unpaired) electrons. The number of hydrogen-bond donors (Lipinski definition) is 2. The second-order valence-corrected chi connectivity index (χ2v) is 3.87. The van der Waals surface area contributed by atoms with Gasteiger partial charge in [0, 0.05) is 12.6 Å². The van der Waals surface area contributed by atoms with Crippen molar-refractivity contribution in [1.29, 1.82) is 0 Å². The maximum atomic E-state index is 12.1. The van der Waals surface area contributed by atoms with Crippen LogP contribution in [0.2, 0.25) is 0 Å². The molecule has 0 spiro atoms. The number of nitrogens with one attached hydrogen (secondary N) is 2. The van der Waals surface area contributed by atoms with E-state index in [0.717, 1.165) is 4.68 Å². The van der Waals surface area contributed by atoms with Crippen LogP contribution in [0.15, 0.2) is 18.5 Å². The Hall–Kier alpha value is -2.78. The molecule has 0 aliphatic rings. The van der Waals surface area contributed by atoms with Gasteiger partial charge in [0.25, 0.3) is 0 Å². The lowest BCUT2D eigenvalue weighted by molar-refractivity contribution is -0.0528. The summed E-state index contributed by atoms with van der Waals surface area (Å²) in [6.07, 6.45) is 2.80. The summed E-state index contributed by atoms with van der Waals surface area (Å²) in [4.78, 5) is 8.32. The van der Waals surface area contributed by atoms with Crippen molar-refractivity contribution in [3.63, 3.8) is 0 Å². The second kappa shape index (κ2) is 5.31. The van der Waals surface area contributed by atoms with Crippen LogP contribution in [-0.2, 0) is 6.50 Å². The third-order valence-electron chi connectivity index (χ3n) is 2.52.